The minimum Gasteiger partial charge on any atom is -0.314 e. The van der Waals surface area contributed by atoms with Gasteiger partial charge in [-0.3, -0.25) is 4.79 Å². The summed E-state index contributed by atoms with van der Waals surface area (Å²) in [6.07, 6.45) is 1.45. The van der Waals surface area contributed by atoms with Gasteiger partial charge in [0.15, 0.2) is 11.6 Å². The van der Waals surface area contributed by atoms with Gasteiger partial charge < -0.3 is 4.90 Å². The highest BCUT2D eigenvalue weighted by Crippen LogP contribution is 2.34. The van der Waals surface area contributed by atoms with Crippen LogP contribution in [0.2, 0.25) is 0 Å². The summed E-state index contributed by atoms with van der Waals surface area (Å²) in [7, 11) is 1.67. The van der Waals surface area contributed by atoms with Crippen molar-refractivity contribution < 1.29 is 18.0 Å². The van der Waals surface area contributed by atoms with Crippen LogP contribution >= 0.6 is 0 Å². The highest BCUT2D eigenvalue weighted by Gasteiger charge is 2.36. The Hall–Kier alpha value is -3.49. The molecule has 29 heavy (non-hydrogen) atoms. The molecule has 1 aromatic carbocycles. The van der Waals surface area contributed by atoms with Crippen molar-refractivity contribution in [2.45, 2.75) is 19.0 Å². The lowest BCUT2D eigenvalue weighted by Gasteiger charge is -2.19. The fraction of sp³-hybridized carbons (Fsp3) is 0.200. The number of ketones is 1. The normalized spacial score (nSPS) is 14.2. The fourth-order valence-corrected chi connectivity index (χ4v) is 3.10. The molecule has 0 spiro atoms. The zero-order valence-electron chi connectivity index (χ0n) is 15.4. The predicted molar refractivity (Wildman–Crippen MR) is 101 cm³/mol. The van der Waals surface area contributed by atoms with Crippen molar-refractivity contribution in [2.75, 3.05) is 11.9 Å². The Morgan fingerprint density at radius 1 is 1.10 bits per heavy atom. The molecule has 0 N–H and O–H groups in total. The van der Waals surface area contributed by atoms with Crippen molar-refractivity contribution in [1.29, 1.82) is 0 Å². The van der Waals surface area contributed by atoms with Crippen LogP contribution in [-0.2, 0) is 11.0 Å². The third kappa shape index (κ3) is 3.75. The zero-order valence-corrected chi connectivity index (χ0v) is 15.4. The molecule has 0 unspecified atom stereocenters. The van der Waals surface area contributed by atoms with Crippen molar-refractivity contribution in [3.05, 3.63) is 66.1 Å². The molecule has 0 atom stereocenters. The average molecular weight is 399 g/mol. The van der Waals surface area contributed by atoms with Gasteiger partial charge in [-0.15, -0.1) is 0 Å². The highest BCUT2D eigenvalue weighted by atomic mass is 19.4. The molecule has 0 bridgehead atoms. The number of alkyl halides is 3. The Kier molecular flexibility index (Phi) is 4.65. The van der Waals surface area contributed by atoms with Gasteiger partial charge in [-0.05, 0) is 30.2 Å². The number of carbonyl (C=O) groups excluding carboxylic acids is 1. The Bertz CT molecular complexity index is 1090. The SMILES string of the molecule is CN(c1ccccc1)c1ncc(C(F)(F)F)c(-n2cc(C3=CC(=O)CC3)cn2)n1. The molecule has 0 saturated heterocycles. The number of halogens is 3. The second kappa shape index (κ2) is 7.16. The van der Waals surface area contributed by atoms with Gasteiger partial charge in [-0.2, -0.15) is 23.3 Å². The summed E-state index contributed by atoms with van der Waals surface area (Å²) in [5, 5.41) is 4.06. The molecule has 6 nitrogen and oxygen atoms in total. The van der Waals surface area contributed by atoms with Crippen molar-refractivity contribution in [3.63, 3.8) is 0 Å². The van der Waals surface area contributed by atoms with Gasteiger partial charge >= 0.3 is 6.18 Å². The summed E-state index contributed by atoms with van der Waals surface area (Å²) in [6, 6.07) is 9.07. The Balaban J connectivity index is 1.77. The predicted octanol–water partition coefficient (Wildman–Crippen LogP) is 4.20. The maximum atomic E-state index is 13.6. The van der Waals surface area contributed by atoms with E-state index in [2.05, 4.69) is 15.1 Å². The van der Waals surface area contributed by atoms with Crippen LogP contribution < -0.4 is 4.90 Å². The van der Waals surface area contributed by atoms with Crippen LogP contribution in [0.5, 0.6) is 0 Å². The molecular formula is C20H16F3N5O. The minimum absolute atomic E-state index is 0.00228. The molecule has 2 aromatic heterocycles. The summed E-state index contributed by atoms with van der Waals surface area (Å²) in [4.78, 5) is 21.1. The number of carbonyl (C=O) groups is 1. The van der Waals surface area contributed by atoms with Gasteiger partial charge in [-0.1, -0.05) is 18.2 Å². The van der Waals surface area contributed by atoms with Gasteiger partial charge in [0, 0.05) is 37.1 Å². The lowest BCUT2D eigenvalue weighted by molar-refractivity contribution is -0.138. The molecule has 0 radical (unpaired) electrons. The molecule has 0 amide bonds. The fourth-order valence-electron chi connectivity index (χ4n) is 3.10. The lowest BCUT2D eigenvalue weighted by atomic mass is 10.1. The maximum Gasteiger partial charge on any atom is 0.421 e. The summed E-state index contributed by atoms with van der Waals surface area (Å²) in [5.41, 5.74) is 1.09. The summed E-state index contributed by atoms with van der Waals surface area (Å²) in [6.45, 7) is 0. The number of aromatic nitrogens is 4. The number of hydrogen-bond donors (Lipinski definition) is 0. The van der Waals surface area contributed by atoms with Crippen molar-refractivity contribution in [1.82, 2.24) is 19.7 Å². The van der Waals surface area contributed by atoms with Crippen LogP contribution in [-0.4, -0.2) is 32.6 Å². The van der Waals surface area contributed by atoms with E-state index in [4.69, 9.17) is 0 Å². The van der Waals surface area contributed by atoms with Crippen molar-refractivity contribution in [2.24, 2.45) is 0 Å². The van der Waals surface area contributed by atoms with Crippen LogP contribution in [0.3, 0.4) is 0 Å². The molecule has 3 aromatic rings. The number of hydrogen-bond acceptors (Lipinski definition) is 5. The van der Waals surface area contributed by atoms with Gasteiger partial charge in [0.2, 0.25) is 5.95 Å². The molecule has 148 valence electrons. The number of nitrogens with zero attached hydrogens (tertiary/aromatic N) is 5. The topological polar surface area (TPSA) is 63.9 Å². The number of para-hydroxylation sites is 1. The number of allylic oxidation sites excluding steroid dienone is 2. The van der Waals surface area contributed by atoms with E-state index >= 15 is 0 Å². The molecule has 1 aliphatic carbocycles. The van der Waals surface area contributed by atoms with E-state index in [1.54, 1.807) is 24.1 Å². The summed E-state index contributed by atoms with van der Waals surface area (Å²) >= 11 is 0. The highest BCUT2D eigenvalue weighted by molar-refractivity contribution is 6.01. The van der Waals surface area contributed by atoms with Crippen LogP contribution in [0.15, 0.2) is 55.0 Å². The van der Waals surface area contributed by atoms with E-state index in [0.717, 1.165) is 22.1 Å². The molecule has 0 aliphatic heterocycles. The number of benzene rings is 1. The summed E-state index contributed by atoms with van der Waals surface area (Å²) in [5.74, 6) is -0.273. The van der Waals surface area contributed by atoms with Gasteiger partial charge in [-0.25, -0.2) is 9.67 Å². The van der Waals surface area contributed by atoms with E-state index in [-0.39, 0.29) is 17.5 Å². The van der Waals surface area contributed by atoms with E-state index in [9.17, 15) is 18.0 Å². The number of anilines is 2. The first-order chi connectivity index (χ1) is 13.8. The molecule has 9 heteroatoms. The van der Waals surface area contributed by atoms with Gasteiger partial charge in [0.1, 0.15) is 5.56 Å². The summed E-state index contributed by atoms with van der Waals surface area (Å²) < 4.78 is 41.7. The maximum absolute atomic E-state index is 13.6. The quantitative estimate of drug-likeness (QED) is 0.658. The van der Waals surface area contributed by atoms with E-state index < -0.39 is 11.7 Å². The smallest absolute Gasteiger partial charge is 0.314 e. The first-order valence-corrected chi connectivity index (χ1v) is 8.85. The molecular weight excluding hydrogens is 383 g/mol. The molecule has 0 fully saturated rings. The first-order valence-electron chi connectivity index (χ1n) is 8.85. The second-order valence-electron chi connectivity index (χ2n) is 6.61. The van der Waals surface area contributed by atoms with Crippen LogP contribution in [0.1, 0.15) is 24.0 Å². The van der Waals surface area contributed by atoms with Crippen LogP contribution in [0.4, 0.5) is 24.8 Å². The molecule has 4 rings (SSSR count). The van der Waals surface area contributed by atoms with Crippen LogP contribution in [0.25, 0.3) is 11.4 Å². The zero-order chi connectivity index (χ0) is 20.6. The Morgan fingerprint density at radius 3 is 2.52 bits per heavy atom. The van der Waals surface area contributed by atoms with E-state index in [1.807, 2.05) is 18.2 Å². The lowest BCUT2D eigenvalue weighted by Crippen LogP contribution is -2.19. The molecule has 2 heterocycles. The number of rotatable bonds is 4. The first kappa shape index (κ1) is 18.9. The average Bonchev–Trinajstić information content (AvgIpc) is 3.36. The van der Waals surface area contributed by atoms with Gasteiger partial charge in [0.05, 0.1) is 6.20 Å². The minimum atomic E-state index is -4.64. The van der Waals surface area contributed by atoms with Gasteiger partial charge in [0.25, 0.3) is 0 Å². The van der Waals surface area contributed by atoms with E-state index in [0.29, 0.717) is 18.4 Å². The standard InChI is InChI=1S/C20H16F3N5O/c1-27(15-5-3-2-4-6-15)19-24-11-17(20(21,22)23)18(26-19)28-12-14(10-25-28)13-7-8-16(29)9-13/h2-6,9-12H,7-8H2,1H3. The van der Waals surface area contributed by atoms with Crippen molar-refractivity contribution >= 4 is 23.0 Å². The Labute approximate surface area is 164 Å². The Morgan fingerprint density at radius 2 is 1.86 bits per heavy atom. The third-order valence-corrected chi connectivity index (χ3v) is 4.65. The van der Waals surface area contributed by atoms with E-state index in [1.165, 1.54) is 18.5 Å². The monoisotopic (exact) mass is 399 g/mol. The second-order valence-corrected chi connectivity index (χ2v) is 6.61. The van der Waals surface area contributed by atoms with Crippen molar-refractivity contribution in [3.8, 4) is 5.82 Å². The largest absolute Gasteiger partial charge is 0.421 e. The third-order valence-electron chi connectivity index (χ3n) is 4.65. The molecule has 1 aliphatic rings. The van der Waals surface area contributed by atoms with Crippen LogP contribution in [0, 0.1) is 0 Å². The molecule has 0 saturated carbocycles.